The minimum absolute atomic E-state index is 0.504. The number of aromatic nitrogens is 5. The van der Waals surface area contributed by atoms with Crippen molar-refractivity contribution in [2.24, 2.45) is 5.92 Å². The molecule has 2 aromatic heterocycles. The average molecular weight is 277 g/mol. The van der Waals surface area contributed by atoms with Crippen molar-refractivity contribution in [3.8, 4) is 11.4 Å². The normalized spacial score (nSPS) is 11.2. The molecular formula is C13H19N5S. The van der Waals surface area contributed by atoms with E-state index >= 15 is 0 Å². The summed E-state index contributed by atoms with van der Waals surface area (Å²) in [6.45, 7) is 9.17. The van der Waals surface area contributed by atoms with Gasteiger partial charge in [0.2, 0.25) is 0 Å². The fourth-order valence-corrected chi connectivity index (χ4v) is 2.23. The van der Waals surface area contributed by atoms with Crippen LogP contribution in [-0.2, 0) is 13.0 Å². The maximum atomic E-state index is 5.31. The number of nitrogens with one attached hydrogen (secondary N) is 1. The van der Waals surface area contributed by atoms with Gasteiger partial charge in [0.25, 0.3) is 0 Å². The van der Waals surface area contributed by atoms with Gasteiger partial charge >= 0.3 is 0 Å². The fraction of sp³-hybridized carbons (Fsp3) is 0.538. The Morgan fingerprint density at radius 3 is 2.74 bits per heavy atom. The van der Waals surface area contributed by atoms with Gasteiger partial charge in [-0.1, -0.05) is 20.8 Å². The van der Waals surface area contributed by atoms with Crippen molar-refractivity contribution < 1.29 is 0 Å². The Morgan fingerprint density at radius 1 is 1.37 bits per heavy atom. The lowest BCUT2D eigenvalue weighted by molar-refractivity contribution is 0.521. The average Bonchev–Trinajstić information content (AvgIpc) is 2.70. The molecule has 6 heteroatoms. The van der Waals surface area contributed by atoms with Crippen molar-refractivity contribution in [3.05, 3.63) is 22.2 Å². The molecule has 0 bridgehead atoms. The highest BCUT2D eigenvalue weighted by atomic mass is 32.1. The summed E-state index contributed by atoms with van der Waals surface area (Å²) in [5.74, 6) is 1.36. The first kappa shape index (κ1) is 13.9. The Hall–Kier alpha value is -1.56. The van der Waals surface area contributed by atoms with Crippen LogP contribution in [0.2, 0.25) is 0 Å². The van der Waals surface area contributed by atoms with E-state index in [1.807, 2.05) is 17.6 Å². The van der Waals surface area contributed by atoms with Crippen LogP contribution in [0.3, 0.4) is 0 Å². The third kappa shape index (κ3) is 2.89. The minimum Gasteiger partial charge on any atom is -0.300 e. The monoisotopic (exact) mass is 277 g/mol. The lowest BCUT2D eigenvalue weighted by atomic mass is 10.1. The number of aromatic amines is 1. The van der Waals surface area contributed by atoms with Gasteiger partial charge in [0.05, 0.1) is 11.4 Å². The Morgan fingerprint density at radius 2 is 2.11 bits per heavy atom. The second kappa shape index (κ2) is 5.61. The van der Waals surface area contributed by atoms with Crippen molar-refractivity contribution in [2.75, 3.05) is 0 Å². The highest BCUT2D eigenvalue weighted by Crippen LogP contribution is 2.22. The second-order valence-electron chi connectivity index (χ2n) is 5.06. The summed E-state index contributed by atoms with van der Waals surface area (Å²) in [5.41, 5.74) is 2.85. The van der Waals surface area contributed by atoms with Gasteiger partial charge in [0.15, 0.2) is 10.6 Å². The summed E-state index contributed by atoms with van der Waals surface area (Å²) in [7, 11) is 0. The first-order chi connectivity index (χ1) is 9.02. The molecule has 1 N–H and O–H groups in total. The largest absolute Gasteiger partial charge is 0.300 e. The Labute approximate surface area is 118 Å². The van der Waals surface area contributed by atoms with Gasteiger partial charge in [-0.25, -0.2) is 0 Å². The van der Waals surface area contributed by atoms with Crippen molar-refractivity contribution in [2.45, 2.75) is 40.7 Å². The van der Waals surface area contributed by atoms with Crippen molar-refractivity contribution in [1.29, 1.82) is 0 Å². The van der Waals surface area contributed by atoms with Crippen LogP contribution >= 0.6 is 12.2 Å². The number of rotatable bonds is 4. The highest BCUT2D eigenvalue weighted by molar-refractivity contribution is 7.71. The molecule has 2 heterocycles. The molecule has 0 saturated carbocycles. The first-order valence-electron chi connectivity index (χ1n) is 6.51. The lowest BCUT2D eigenvalue weighted by Gasteiger charge is -2.11. The standard InChI is InChI=1S/C13H19N5S/c1-5-11-10(6-9(4)14-15-11)12-16-17-13(19)18(12)7-8(2)3/h6,8H,5,7H2,1-4H3,(H,17,19). The number of hydrogen-bond acceptors (Lipinski definition) is 4. The number of hydrogen-bond donors (Lipinski definition) is 1. The van der Waals surface area contributed by atoms with E-state index in [9.17, 15) is 0 Å². The van der Waals surface area contributed by atoms with E-state index in [1.54, 1.807) is 0 Å². The van der Waals surface area contributed by atoms with Gasteiger partial charge in [-0.05, 0) is 37.5 Å². The van der Waals surface area contributed by atoms with Gasteiger partial charge in [0.1, 0.15) is 0 Å². The molecule has 102 valence electrons. The maximum Gasteiger partial charge on any atom is 0.195 e. The molecular weight excluding hydrogens is 258 g/mol. The quantitative estimate of drug-likeness (QED) is 0.873. The summed E-state index contributed by atoms with van der Waals surface area (Å²) in [6, 6.07) is 2.02. The van der Waals surface area contributed by atoms with Crippen molar-refractivity contribution in [1.82, 2.24) is 25.0 Å². The third-order valence-electron chi connectivity index (χ3n) is 2.87. The number of H-pyrrole nitrogens is 1. The topological polar surface area (TPSA) is 59.4 Å². The molecule has 0 atom stereocenters. The molecule has 0 saturated heterocycles. The van der Waals surface area contributed by atoms with Crippen LogP contribution in [0.15, 0.2) is 6.07 Å². The van der Waals surface area contributed by atoms with E-state index in [2.05, 4.69) is 41.2 Å². The molecule has 0 aromatic carbocycles. The summed E-state index contributed by atoms with van der Waals surface area (Å²) >= 11 is 5.31. The van der Waals surface area contributed by atoms with Crippen LogP contribution in [0.4, 0.5) is 0 Å². The van der Waals surface area contributed by atoms with Crippen LogP contribution < -0.4 is 0 Å². The van der Waals surface area contributed by atoms with E-state index in [-0.39, 0.29) is 0 Å². The lowest BCUT2D eigenvalue weighted by Crippen LogP contribution is -2.08. The smallest absolute Gasteiger partial charge is 0.195 e. The molecule has 0 spiro atoms. The van der Waals surface area contributed by atoms with Crippen LogP contribution in [0.25, 0.3) is 11.4 Å². The predicted molar refractivity (Wildman–Crippen MR) is 77.4 cm³/mol. The molecule has 0 radical (unpaired) electrons. The summed E-state index contributed by atoms with van der Waals surface area (Å²) in [6.07, 6.45) is 0.823. The SMILES string of the molecule is CCc1nnc(C)cc1-c1n[nH]c(=S)n1CC(C)C. The summed E-state index contributed by atoms with van der Waals surface area (Å²) < 4.78 is 2.69. The molecule has 0 fully saturated rings. The van der Waals surface area contributed by atoms with Crippen LogP contribution in [0.1, 0.15) is 32.2 Å². The first-order valence-corrected chi connectivity index (χ1v) is 6.92. The Kier molecular flexibility index (Phi) is 4.09. The van der Waals surface area contributed by atoms with Crippen molar-refractivity contribution in [3.63, 3.8) is 0 Å². The fourth-order valence-electron chi connectivity index (χ4n) is 2.03. The molecule has 0 aliphatic carbocycles. The van der Waals surface area contributed by atoms with E-state index in [0.29, 0.717) is 10.7 Å². The molecule has 5 nitrogen and oxygen atoms in total. The number of aryl methyl sites for hydroxylation is 2. The van der Waals surface area contributed by atoms with Gasteiger partial charge in [0, 0.05) is 12.1 Å². The molecule has 2 rings (SSSR count). The summed E-state index contributed by atoms with van der Waals surface area (Å²) in [4.78, 5) is 0. The molecule has 0 aliphatic heterocycles. The zero-order chi connectivity index (χ0) is 14.0. The van der Waals surface area contributed by atoms with Crippen LogP contribution in [0.5, 0.6) is 0 Å². The molecule has 0 aliphatic rings. The van der Waals surface area contributed by atoms with Gasteiger partial charge in [-0.3, -0.25) is 9.67 Å². The van der Waals surface area contributed by atoms with Crippen LogP contribution in [-0.4, -0.2) is 25.0 Å². The van der Waals surface area contributed by atoms with E-state index in [4.69, 9.17) is 12.2 Å². The van der Waals surface area contributed by atoms with E-state index < -0.39 is 0 Å². The Bertz CT molecular complexity index is 626. The third-order valence-corrected chi connectivity index (χ3v) is 3.19. The van der Waals surface area contributed by atoms with Gasteiger partial charge in [-0.15, -0.1) is 0 Å². The van der Waals surface area contributed by atoms with E-state index in [0.717, 1.165) is 35.7 Å². The molecule has 0 unspecified atom stereocenters. The molecule has 2 aromatic rings. The highest BCUT2D eigenvalue weighted by Gasteiger charge is 2.15. The molecule has 0 amide bonds. The van der Waals surface area contributed by atoms with Gasteiger partial charge < -0.3 is 0 Å². The zero-order valence-electron chi connectivity index (χ0n) is 11.8. The summed E-state index contributed by atoms with van der Waals surface area (Å²) in [5, 5.41) is 15.6. The second-order valence-corrected chi connectivity index (χ2v) is 5.44. The van der Waals surface area contributed by atoms with Gasteiger partial charge in [-0.2, -0.15) is 15.3 Å². The Balaban J connectivity index is 2.59. The molecule has 19 heavy (non-hydrogen) atoms. The predicted octanol–water partition coefficient (Wildman–Crippen LogP) is 2.92. The van der Waals surface area contributed by atoms with Crippen molar-refractivity contribution >= 4 is 12.2 Å². The number of nitrogens with zero attached hydrogens (tertiary/aromatic N) is 4. The van der Waals surface area contributed by atoms with E-state index in [1.165, 1.54) is 0 Å². The van der Waals surface area contributed by atoms with Crippen LogP contribution in [0, 0.1) is 17.6 Å². The minimum atomic E-state index is 0.504. The zero-order valence-corrected chi connectivity index (χ0v) is 12.6. The maximum absolute atomic E-state index is 5.31.